The molecule has 1 amide bonds. The fraction of sp³-hybridized carbons (Fsp3) is 0.174. The van der Waals surface area contributed by atoms with E-state index in [1.807, 2.05) is 31.2 Å². The standard InChI is InChI=1S/C23H22FNO3/c1-16-4-3-5-21(12-16)28-15-19-13-18(8-11-22(19)27-2)23(26)25-14-17-6-9-20(24)10-7-17/h3-13H,14-15H2,1-2H3,(H,25,26). The van der Waals surface area contributed by atoms with Crippen molar-refractivity contribution in [1.82, 2.24) is 5.32 Å². The smallest absolute Gasteiger partial charge is 0.251 e. The van der Waals surface area contributed by atoms with E-state index in [1.165, 1.54) is 12.1 Å². The minimum atomic E-state index is -0.302. The van der Waals surface area contributed by atoms with Crippen molar-refractivity contribution < 1.29 is 18.7 Å². The van der Waals surface area contributed by atoms with E-state index in [4.69, 9.17) is 9.47 Å². The van der Waals surface area contributed by atoms with Crippen LogP contribution in [0.4, 0.5) is 4.39 Å². The summed E-state index contributed by atoms with van der Waals surface area (Å²) in [5.41, 5.74) is 3.22. The molecule has 1 N–H and O–H groups in total. The third-order valence-corrected chi connectivity index (χ3v) is 4.29. The van der Waals surface area contributed by atoms with Crippen molar-refractivity contribution in [3.05, 3.63) is 94.8 Å². The molecule has 144 valence electrons. The summed E-state index contributed by atoms with van der Waals surface area (Å²) in [6, 6.07) is 19.0. The summed E-state index contributed by atoms with van der Waals surface area (Å²) in [4.78, 5) is 12.5. The molecule has 0 saturated carbocycles. The van der Waals surface area contributed by atoms with Crippen molar-refractivity contribution in [2.24, 2.45) is 0 Å². The van der Waals surface area contributed by atoms with E-state index in [0.29, 0.717) is 17.9 Å². The molecule has 3 rings (SSSR count). The Hall–Kier alpha value is -3.34. The highest BCUT2D eigenvalue weighted by Crippen LogP contribution is 2.23. The second-order valence-corrected chi connectivity index (χ2v) is 6.44. The SMILES string of the molecule is COc1ccc(C(=O)NCc2ccc(F)cc2)cc1COc1cccc(C)c1. The Morgan fingerprint density at radius 2 is 1.82 bits per heavy atom. The summed E-state index contributed by atoms with van der Waals surface area (Å²) in [7, 11) is 1.58. The zero-order valence-corrected chi connectivity index (χ0v) is 15.9. The van der Waals surface area contributed by atoms with Crippen LogP contribution in [0.25, 0.3) is 0 Å². The Balaban J connectivity index is 1.68. The molecule has 0 bridgehead atoms. The van der Waals surface area contributed by atoms with Crippen LogP contribution < -0.4 is 14.8 Å². The normalized spacial score (nSPS) is 10.4. The van der Waals surface area contributed by atoms with Crippen LogP contribution in [0, 0.1) is 12.7 Å². The largest absolute Gasteiger partial charge is 0.496 e. The molecule has 0 aromatic heterocycles. The number of amides is 1. The number of aryl methyl sites for hydroxylation is 1. The molecule has 0 unspecified atom stereocenters. The van der Waals surface area contributed by atoms with Crippen LogP contribution in [0.2, 0.25) is 0 Å². The monoisotopic (exact) mass is 379 g/mol. The predicted octanol–water partition coefficient (Wildman–Crippen LogP) is 4.65. The average Bonchev–Trinajstić information content (AvgIpc) is 2.71. The predicted molar refractivity (Wildman–Crippen MR) is 106 cm³/mol. The van der Waals surface area contributed by atoms with Gasteiger partial charge in [0.2, 0.25) is 0 Å². The van der Waals surface area contributed by atoms with Crippen LogP contribution in [0.1, 0.15) is 27.0 Å². The second kappa shape index (κ2) is 9.04. The summed E-state index contributed by atoms with van der Waals surface area (Å²) in [6.07, 6.45) is 0. The Morgan fingerprint density at radius 3 is 2.54 bits per heavy atom. The molecular formula is C23H22FNO3. The number of carbonyl (C=O) groups is 1. The molecule has 0 fully saturated rings. The third kappa shape index (κ3) is 5.10. The molecule has 0 spiro atoms. The number of halogens is 1. The molecular weight excluding hydrogens is 357 g/mol. The highest BCUT2D eigenvalue weighted by Gasteiger charge is 2.11. The van der Waals surface area contributed by atoms with Gasteiger partial charge in [0.1, 0.15) is 23.9 Å². The van der Waals surface area contributed by atoms with E-state index in [-0.39, 0.29) is 18.3 Å². The summed E-state index contributed by atoms with van der Waals surface area (Å²) in [5, 5.41) is 2.84. The third-order valence-electron chi connectivity index (χ3n) is 4.29. The number of nitrogens with one attached hydrogen (secondary N) is 1. The van der Waals surface area contributed by atoms with Crippen LogP contribution in [-0.4, -0.2) is 13.0 Å². The molecule has 0 atom stereocenters. The fourth-order valence-corrected chi connectivity index (χ4v) is 2.79. The average molecular weight is 379 g/mol. The molecule has 5 heteroatoms. The van der Waals surface area contributed by atoms with Gasteiger partial charge < -0.3 is 14.8 Å². The summed E-state index contributed by atoms with van der Waals surface area (Å²) < 4.78 is 24.2. The maximum absolute atomic E-state index is 13.0. The molecule has 4 nitrogen and oxygen atoms in total. The van der Waals surface area contributed by atoms with Crippen LogP contribution in [-0.2, 0) is 13.2 Å². The lowest BCUT2D eigenvalue weighted by Gasteiger charge is -2.13. The minimum absolute atomic E-state index is 0.219. The zero-order valence-electron chi connectivity index (χ0n) is 15.9. The Morgan fingerprint density at radius 1 is 1.04 bits per heavy atom. The van der Waals surface area contributed by atoms with Crippen LogP contribution in [0.3, 0.4) is 0 Å². The van der Waals surface area contributed by atoms with E-state index >= 15 is 0 Å². The van der Waals surface area contributed by atoms with Crippen LogP contribution >= 0.6 is 0 Å². The van der Waals surface area contributed by atoms with Gasteiger partial charge in [-0.15, -0.1) is 0 Å². The number of rotatable bonds is 7. The highest BCUT2D eigenvalue weighted by atomic mass is 19.1. The Labute approximate surface area is 163 Å². The second-order valence-electron chi connectivity index (χ2n) is 6.44. The highest BCUT2D eigenvalue weighted by molar-refractivity contribution is 5.94. The van der Waals surface area contributed by atoms with E-state index in [1.54, 1.807) is 37.4 Å². The summed E-state index contributed by atoms with van der Waals surface area (Å²) >= 11 is 0. The molecule has 28 heavy (non-hydrogen) atoms. The minimum Gasteiger partial charge on any atom is -0.496 e. The van der Waals surface area contributed by atoms with E-state index < -0.39 is 0 Å². The lowest BCUT2D eigenvalue weighted by atomic mass is 10.1. The van der Waals surface area contributed by atoms with Crippen molar-refractivity contribution in [1.29, 1.82) is 0 Å². The van der Waals surface area contributed by atoms with Crippen molar-refractivity contribution >= 4 is 5.91 Å². The van der Waals surface area contributed by atoms with Gasteiger partial charge in [0.05, 0.1) is 7.11 Å². The number of hydrogen-bond acceptors (Lipinski definition) is 3. The Kier molecular flexibility index (Phi) is 6.27. The van der Waals surface area contributed by atoms with E-state index in [0.717, 1.165) is 22.4 Å². The topological polar surface area (TPSA) is 47.6 Å². The first kappa shape index (κ1) is 19.4. The van der Waals surface area contributed by atoms with Crippen molar-refractivity contribution in [2.45, 2.75) is 20.1 Å². The molecule has 0 aliphatic rings. The van der Waals surface area contributed by atoms with Gasteiger partial charge in [-0.3, -0.25) is 4.79 Å². The molecule has 3 aromatic rings. The lowest BCUT2D eigenvalue weighted by Crippen LogP contribution is -2.23. The number of carbonyl (C=O) groups excluding carboxylic acids is 1. The fourth-order valence-electron chi connectivity index (χ4n) is 2.79. The number of benzene rings is 3. The number of methoxy groups -OCH3 is 1. The molecule has 0 aliphatic heterocycles. The number of ether oxygens (including phenoxy) is 2. The van der Waals surface area contributed by atoms with Gasteiger partial charge in [0.15, 0.2) is 0 Å². The molecule has 0 heterocycles. The van der Waals surface area contributed by atoms with Gasteiger partial charge in [-0.05, 0) is 60.5 Å². The summed E-state index contributed by atoms with van der Waals surface area (Å²) in [6.45, 7) is 2.60. The first-order valence-electron chi connectivity index (χ1n) is 8.94. The van der Waals surface area contributed by atoms with Crippen LogP contribution in [0.5, 0.6) is 11.5 Å². The zero-order chi connectivity index (χ0) is 19.9. The van der Waals surface area contributed by atoms with Crippen molar-refractivity contribution in [3.63, 3.8) is 0 Å². The van der Waals surface area contributed by atoms with Crippen molar-refractivity contribution in [2.75, 3.05) is 7.11 Å². The lowest BCUT2D eigenvalue weighted by molar-refractivity contribution is 0.0950. The first-order chi connectivity index (χ1) is 13.5. The maximum Gasteiger partial charge on any atom is 0.251 e. The first-order valence-corrected chi connectivity index (χ1v) is 8.94. The van der Waals surface area contributed by atoms with E-state index in [9.17, 15) is 9.18 Å². The van der Waals surface area contributed by atoms with E-state index in [2.05, 4.69) is 5.32 Å². The van der Waals surface area contributed by atoms with Gasteiger partial charge in [-0.2, -0.15) is 0 Å². The van der Waals surface area contributed by atoms with Gasteiger partial charge >= 0.3 is 0 Å². The Bertz CT molecular complexity index is 954. The van der Waals surface area contributed by atoms with Gasteiger partial charge in [0, 0.05) is 17.7 Å². The summed E-state index contributed by atoms with van der Waals surface area (Å²) in [5.74, 6) is 0.892. The van der Waals surface area contributed by atoms with Gasteiger partial charge in [-0.1, -0.05) is 24.3 Å². The quantitative estimate of drug-likeness (QED) is 0.650. The number of hydrogen-bond donors (Lipinski definition) is 1. The van der Waals surface area contributed by atoms with Crippen LogP contribution in [0.15, 0.2) is 66.7 Å². The molecule has 0 aliphatic carbocycles. The van der Waals surface area contributed by atoms with Gasteiger partial charge in [0.25, 0.3) is 5.91 Å². The molecule has 3 aromatic carbocycles. The molecule has 0 radical (unpaired) electrons. The van der Waals surface area contributed by atoms with Crippen molar-refractivity contribution in [3.8, 4) is 11.5 Å². The molecule has 0 saturated heterocycles. The maximum atomic E-state index is 13.0. The van der Waals surface area contributed by atoms with Gasteiger partial charge in [-0.25, -0.2) is 4.39 Å².